The van der Waals surface area contributed by atoms with Crippen LogP contribution in [0.2, 0.25) is 0 Å². The molecule has 6 heteroatoms. The fraction of sp³-hybridized carbons (Fsp3) is 0.0769. The van der Waals surface area contributed by atoms with E-state index in [-0.39, 0.29) is 5.91 Å². The Morgan fingerprint density at radius 3 is 2.95 bits per heavy atom. The summed E-state index contributed by atoms with van der Waals surface area (Å²) in [5.41, 5.74) is 2.23. The first-order valence-electron chi connectivity index (χ1n) is 5.70. The molecule has 0 saturated carbocycles. The molecule has 0 unspecified atom stereocenters. The van der Waals surface area contributed by atoms with Crippen LogP contribution < -0.4 is 5.32 Å². The zero-order valence-corrected chi connectivity index (χ0v) is 10.9. The van der Waals surface area contributed by atoms with Gasteiger partial charge in [0.25, 0.3) is 5.91 Å². The molecule has 0 atom stereocenters. The van der Waals surface area contributed by atoms with Crippen LogP contribution in [-0.4, -0.2) is 20.5 Å². The number of fused-ring (bicyclic) bond motifs is 1. The van der Waals surface area contributed by atoms with Crippen LogP contribution in [-0.2, 0) is 0 Å². The molecule has 0 spiro atoms. The van der Waals surface area contributed by atoms with E-state index in [0.717, 1.165) is 28.1 Å². The predicted octanol–water partition coefficient (Wildman–Crippen LogP) is 2.65. The average Bonchev–Trinajstić information content (AvgIpc) is 2.85. The Labute approximate surface area is 113 Å². The topological polar surface area (TPSA) is 67.8 Å². The Kier molecular flexibility index (Phi) is 2.92. The molecular formula is C13H10N4OS. The van der Waals surface area contributed by atoms with E-state index < -0.39 is 0 Å². The molecule has 19 heavy (non-hydrogen) atoms. The van der Waals surface area contributed by atoms with Gasteiger partial charge in [0.2, 0.25) is 0 Å². The van der Waals surface area contributed by atoms with Crippen LogP contribution in [0.15, 0.2) is 36.5 Å². The minimum Gasteiger partial charge on any atom is -0.321 e. The van der Waals surface area contributed by atoms with Crippen molar-refractivity contribution >= 4 is 34.0 Å². The van der Waals surface area contributed by atoms with Crippen LogP contribution in [0.4, 0.5) is 5.69 Å². The zero-order valence-electron chi connectivity index (χ0n) is 10.1. The maximum absolute atomic E-state index is 12.1. The van der Waals surface area contributed by atoms with Crippen LogP contribution in [0.3, 0.4) is 0 Å². The lowest BCUT2D eigenvalue weighted by molar-refractivity contribution is 0.103. The van der Waals surface area contributed by atoms with Gasteiger partial charge in [0.15, 0.2) is 0 Å². The van der Waals surface area contributed by atoms with E-state index in [9.17, 15) is 4.79 Å². The highest BCUT2D eigenvalue weighted by Crippen LogP contribution is 2.22. The number of hydrogen-bond acceptors (Lipinski definition) is 5. The van der Waals surface area contributed by atoms with Gasteiger partial charge in [0.05, 0.1) is 16.9 Å². The summed E-state index contributed by atoms with van der Waals surface area (Å²) < 4.78 is 3.77. The number of hydrogen-bond donors (Lipinski definition) is 1. The van der Waals surface area contributed by atoms with Crippen LogP contribution in [0.1, 0.15) is 15.4 Å². The van der Waals surface area contributed by atoms with E-state index in [2.05, 4.69) is 19.9 Å². The van der Waals surface area contributed by atoms with Crippen molar-refractivity contribution in [2.75, 3.05) is 5.32 Å². The number of aryl methyl sites for hydroxylation is 1. The van der Waals surface area contributed by atoms with Crippen molar-refractivity contribution in [3.8, 4) is 0 Å². The van der Waals surface area contributed by atoms with Crippen LogP contribution in [0.5, 0.6) is 0 Å². The van der Waals surface area contributed by atoms with Crippen LogP contribution >= 0.6 is 11.5 Å². The highest BCUT2D eigenvalue weighted by molar-refractivity contribution is 7.08. The Balaban J connectivity index is 1.98. The van der Waals surface area contributed by atoms with E-state index >= 15 is 0 Å². The number of nitrogens with zero attached hydrogens (tertiary/aromatic N) is 3. The van der Waals surface area contributed by atoms with E-state index in [0.29, 0.717) is 10.6 Å². The lowest BCUT2D eigenvalue weighted by Crippen LogP contribution is -2.11. The van der Waals surface area contributed by atoms with Crippen molar-refractivity contribution in [3.05, 3.63) is 47.1 Å². The lowest BCUT2D eigenvalue weighted by atomic mass is 10.2. The number of benzene rings is 1. The Hall–Kier alpha value is -2.34. The van der Waals surface area contributed by atoms with E-state index in [4.69, 9.17) is 0 Å². The summed E-state index contributed by atoms with van der Waals surface area (Å²) in [5, 5.41) is 7.63. The van der Waals surface area contributed by atoms with Crippen molar-refractivity contribution in [1.82, 2.24) is 14.6 Å². The van der Waals surface area contributed by atoms with Gasteiger partial charge in [-0.1, -0.05) is 10.6 Å². The summed E-state index contributed by atoms with van der Waals surface area (Å²) in [4.78, 5) is 16.9. The molecule has 0 saturated heterocycles. The van der Waals surface area contributed by atoms with Gasteiger partial charge in [-0.05, 0) is 42.7 Å². The SMILES string of the molecule is Cc1nnsc1C(=O)Nc1cccc2ncccc12. The molecule has 0 aliphatic rings. The number of pyridine rings is 1. The van der Waals surface area contributed by atoms with Gasteiger partial charge in [0.1, 0.15) is 4.88 Å². The summed E-state index contributed by atoms with van der Waals surface area (Å²) in [6.07, 6.45) is 1.73. The fourth-order valence-corrected chi connectivity index (χ4v) is 2.38. The molecule has 1 aromatic carbocycles. The summed E-state index contributed by atoms with van der Waals surface area (Å²) in [6, 6.07) is 9.39. The number of carbonyl (C=O) groups excluding carboxylic acids is 1. The first kappa shape index (κ1) is 11.7. The summed E-state index contributed by atoms with van der Waals surface area (Å²) in [7, 11) is 0. The maximum Gasteiger partial charge on any atom is 0.269 e. The predicted molar refractivity (Wildman–Crippen MR) is 74.3 cm³/mol. The molecule has 94 valence electrons. The van der Waals surface area contributed by atoms with Crippen molar-refractivity contribution in [1.29, 1.82) is 0 Å². The average molecular weight is 270 g/mol. The molecule has 0 aliphatic heterocycles. The molecule has 0 bridgehead atoms. The molecule has 3 aromatic rings. The van der Waals surface area contributed by atoms with Crippen molar-refractivity contribution < 1.29 is 4.79 Å². The zero-order chi connectivity index (χ0) is 13.2. The number of amides is 1. The van der Waals surface area contributed by atoms with Crippen LogP contribution in [0, 0.1) is 6.92 Å². The molecule has 1 amide bonds. The third-order valence-corrected chi connectivity index (χ3v) is 3.58. The second kappa shape index (κ2) is 4.74. The largest absolute Gasteiger partial charge is 0.321 e. The van der Waals surface area contributed by atoms with Gasteiger partial charge >= 0.3 is 0 Å². The van der Waals surface area contributed by atoms with Gasteiger partial charge < -0.3 is 5.32 Å². The second-order valence-electron chi connectivity index (χ2n) is 4.02. The Morgan fingerprint density at radius 2 is 2.16 bits per heavy atom. The van der Waals surface area contributed by atoms with E-state index in [1.54, 1.807) is 13.1 Å². The third kappa shape index (κ3) is 2.17. The van der Waals surface area contributed by atoms with E-state index in [1.807, 2.05) is 30.3 Å². The molecule has 5 nitrogen and oxygen atoms in total. The van der Waals surface area contributed by atoms with Crippen molar-refractivity contribution in [3.63, 3.8) is 0 Å². The van der Waals surface area contributed by atoms with Gasteiger partial charge in [-0.25, -0.2) is 0 Å². The van der Waals surface area contributed by atoms with Gasteiger partial charge in [-0.15, -0.1) is 5.10 Å². The quantitative estimate of drug-likeness (QED) is 0.777. The molecule has 2 heterocycles. The first-order valence-corrected chi connectivity index (χ1v) is 6.47. The number of nitrogens with one attached hydrogen (secondary N) is 1. The highest BCUT2D eigenvalue weighted by Gasteiger charge is 2.14. The number of carbonyl (C=O) groups is 1. The normalized spacial score (nSPS) is 10.6. The van der Waals surface area contributed by atoms with Crippen LogP contribution in [0.25, 0.3) is 10.9 Å². The first-order chi connectivity index (χ1) is 9.25. The number of anilines is 1. The third-order valence-electron chi connectivity index (χ3n) is 2.75. The van der Waals surface area contributed by atoms with Crippen molar-refractivity contribution in [2.24, 2.45) is 0 Å². The molecule has 0 fully saturated rings. The lowest BCUT2D eigenvalue weighted by Gasteiger charge is -2.07. The molecule has 0 aliphatic carbocycles. The molecule has 2 aromatic heterocycles. The summed E-state index contributed by atoms with van der Waals surface area (Å²) >= 11 is 1.09. The molecule has 0 radical (unpaired) electrons. The minimum absolute atomic E-state index is 0.191. The minimum atomic E-state index is -0.191. The Morgan fingerprint density at radius 1 is 1.26 bits per heavy atom. The van der Waals surface area contributed by atoms with E-state index in [1.165, 1.54) is 0 Å². The van der Waals surface area contributed by atoms with Gasteiger partial charge in [-0.2, -0.15) is 0 Å². The van der Waals surface area contributed by atoms with Gasteiger partial charge in [-0.3, -0.25) is 9.78 Å². The molecule has 1 N–H and O–H groups in total. The molecule has 3 rings (SSSR count). The monoisotopic (exact) mass is 270 g/mol. The number of rotatable bonds is 2. The summed E-state index contributed by atoms with van der Waals surface area (Å²) in [5.74, 6) is -0.191. The Bertz CT molecular complexity index is 748. The molecular weight excluding hydrogens is 260 g/mol. The van der Waals surface area contributed by atoms with Gasteiger partial charge in [0, 0.05) is 11.6 Å². The maximum atomic E-state index is 12.1. The summed E-state index contributed by atoms with van der Waals surface area (Å²) in [6.45, 7) is 1.77. The fourth-order valence-electron chi connectivity index (χ4n) is 1.83. The smallest absolute Gasteiger partial charge is 0.269 e. The van der Waals surface area contributed by atoms with Crippen molar-refractivity contribution in [2.45, 2.75) is 6.92 Å². The standard InChI is InChI=1S/C13H10N4OS/c1-8-12(19-17-16-8)13(18)15-11-6-2-5-10-9(11)4-3-7-14-10/h2-7H,1H3,(H,15,18). The number of aromatic nitrogens is 3. The highest BCUT2D eigenvalue weighted by atomic mass is 32.1. The second-order valence-corrected chi connectivity index (χ2v) is 4.77.